The fraction of sp³-hybridized carbons (Fsp3) is 0.286. The molecule has 58 valence electrons. The van der Waals surface area contributed by atoms with Crippen molar-refractivity contribution in [2.24, 2.45) is 0 Å². The summed E-state index contributed by atoms with van der Waals surface area (Å²) in [6.45, 7) is 2.96. The number of rotatable bonds is 1. The lowest BCUT2D eigenvalue weighted by molar-refractivity contribution is 0.101. The molecule has 0 unspecified atom stereocenters. The molecule has 1 rings (SSSR count). The van der Waals surface area contributed by atoms with E-state index < -0.39 is 6.08 Å². The Hall–Kier alpha value is -1.32. The van der Waals surface area contributed by atoms with E-state index in [4.69, 9.17) is 0 Å². The summed E-state index contributed by atoms with van der Waals surface area (Å²) < 4.78 is 12.3. The molecule has 1 heterocycles. The van der Waals surface area contributed by atoms with Crippen molar-refractivity contribution in [1.29, 1.82) is 0 Å². The summed E-state index contributed by atoms with van der Waals surface area (Å²) in [5, 5.41) is 0. The van der Waals surface area contributed by atoms with Gasteiger partial charge in [0.15, 0.2) is 5.78 Å². The molecular weight excluding hydrogens is 147 g/mol. The average molecular weight is 154 g/mol. The smallest absolute Gasteiger partial charge is 0.294 e. The summed E-state index contributed by atoms with van der Waals surface area (Å²) in [7, 11) is 0. The van der Waals surface area contributed by atoms with Crippen LogP contribution in [0.5, 0.6) is 0 Å². The van der Waals surface area contributed by atoms with Gasteiger partial charge in [-0.1, -0.05) is 0 Å². The summed E-state index contributed by atoms with van der Waals surface area (Å²) >= 11 is 0. The largest absolute Gasteiger partial charge is 0.308 e. The van der Waals surface area contributed by atoms with Crippen LogP contribution in [0.25, 0.3) is 0 Å². The maximum Gasteiger partial charge on any atom is 0.308 e. The van der Waals surface area contributed by atoms with Crippen LogP contribution in [0.1, 0.15) is 23.0 Å². The van der Waals surface area contributed by atoms with E-state index in [1.54, 1.807) is 6.92 Å². The Labute approximate surface area is 63.3 Å². The number of Topliss-reactive ketones (excluding diaryl/α,β-unsaturated/α-hetero) is 1. The van der Waals surface area contributed by atoms with Crippen molar-refractivity contribution in [2.75, 3.05) is 0 Å². The van der Waals surface area contributed by atoms with Crippen LogP contribution >= 0.6 is 0 Å². The van der Waals surface area contributed by atoms with Crippen LogP contribution in [-0.2, 0) is 0 Å². The van der Waals surface area contributed by atoms with Gasteiger partial charge < -0.3 is 0 Å². The van der Waals surface area contributed by atoms with Crippen molar-refractivity contribution in [3.8, 4) is 0 Å². The number of hydrogen-bond acceptors (Lipinski definition) is 3. The molecule has 4 heteroatoms. The minimum absolute atomic E-state index is 0.150. The van der Waals surface area contributed by atoms with Gasteiger partial charge in [0.05, 0.1) is 11.3 Å². The lowest BCUT2D eigenvalue weighted by atomic mass is 10.2. The number of carbonyl (C=O) groups is 1. The molecule has 11 heavy (non-hydrogen) atoms. The minimum atomic E-state index is -0.799. The topological polar surface area (TPSA) is 42.9 Å². The lowest BCUT2D eigenvalue weighted by Gasteiger charge is -1.97. The molecule has 0 spiro atoms. The van der Waals surface area contributed by atoms with Crippen LogP contribution in [0.4, 0.5) is 4.39 Å². The molecule has 0 bridgehead atoms. The first-order chi connectivity index (χ1) is 5.11. The van der Waals surface area contributed by atoms with Gasteiger partial charge >= 0.3 is 6.08 Å². The molecule has 0 saturated heterocycles. The van der Waals surface area contributed by atoms with Crippen LogP contribution in [0.3, 0.4) is 0 Å². The summed E-state index contributed by atoms with van der Waals surface area (Å²) in [6.07, 6.45) is 0.396. The van der Waals surface area contributed by atoms with Crippen molar-refractivity contribution in [3.05, 3.63) is 23.5 Å². The molecule has 0 aliphatic carbocycles. The van der Waals surface area contributed by atoms with Crippen LogP contribution in [-0.4, -0.2) is 15.8 Å². The van der Waals surface area contributed by atoms with E-state index in [0.717, 1.165) is 0 Å². The Morgan fingerprint density at radius 1 is 1.64 bits per heavy atom. The quantitative estimate of drug-likeness (QED) is 0.449. The van der Waals surface area contributed by atoms with E-state index in [1.165, 1.54) is 13.1 Å². The zero-order valence-electron chi connectivity index (χ0n) is 6.26. The summed E-state index contributed by atoms with van der Waals surface area (Å²) in [5.41, 5.74) is 0.747. The Bertz CT molecular complexity index is 298. The molecular formula is C7H7FN2O. The number of nitrogens with zero attached hydrogens (tertiary/aromatic N) is 2. The third kappa shape index (κ3) is 1.58. The first-order valence-corrected chi connectivity index (χ1v) is 3.11. The Morgan fingerprint density at radius 3 is 2.73 bits per heavy atom. The Balaban J connectivity index is 3.20. The second-order valence-corrected chi connectivity index (χ2v) is 2.19. The third-order valence-electron chi connectivity index (χ3n) is 1.33. The number of carbonyl (C=O) groups excluding carboxylic acids is 1. The number of aryl methyl sites for hydroxylation is 1. The van der Waals surface area contributed by atoms with Crippen LogP contribution in [0, 0.1) is 13.0 Å². The standard InChI is InChI=1S/C7H7FN2O/c1-4-6(5(2)11)3-9-7(8)10-4/h3H,1-2H3. The number of ketones is 1. The number of halogens is 1. The van der Waals surface area contributed by atoms with Crippen LogP contribution < -0.4 is 0 Å². The van der Waals surface area contributed by atoms with Gasteiger partial charge in [0.2, 0.25) is 0 Å². The monoisotopic (exact) mass is 154 g/mol. The lowest BCUT2D eigenvalue weighted by Crippen LogP contribution is -2.02. The number of aromatic nitrogens is 2. The van der Waals surface area contributed by atoms with Crippen LogP contribution in [0.15, 0.2) is 6.20 Å². The Kier molecular flexibility index (Phi) is 1.94. The zero-order chi connectivity index (χ0) is 8.43. The predicted molar refractivity (Wildman–Crippen MR) is 36.7 cm³/mol. The van der Waals surface area contributed by atoms with Crippen molar-refractivity contribution < 1.29 is 9.18 Å². The summed E-state index contributed by atoms with van der Waals surface area (Å²) in [6, 6.07) is 0. The SMILES string of the molecule is CC(=O)c1cnc(F)nc1C. The molecule has 0 radical (unpaired) electrons. The van der Waals surface area contributed by atoms with Crippen molar-refractivity contribution >= 4 is 5.78 Å². The molecule has 0 N–H and O–H groups in total. The molecule has 0 aliphatic heterocycles. The van der Waals surface area contributed by atoms with Gasteiger partial charge in [0, 0.05) is 6.20 Å². The van der Waals surface area contributed by atoms with Gasteiger partial charge in [-0.05, 0) is 13.8 Å². The van der Waals surface area contributed by atoms with E-state index in [0.29, 0.717) is 11.3 Å². The van der Waals surface area contributed by atoms with E-state index in [-0.39, 0.29) is 5.78 Å². The fourth-order valence-corrected chi connectivity index (χ4v) is 0.784. The second-order valence-electron chi connectivity index (χ2n) is 2.19. The first-order valence-electron chi connectivity index (χ1n) is 3.11. The highest BCUT2D eigenvalue weighted by Gasteiger charge is 2.05. The molecule has 3 nitrogen and oxygen atoms in total. The van der Waals surface area contributed by atoms with Crippen LogP contribution in [0.2, 0.25) is 0 Å². The predicted octanol–water partition coefficient (Wildman–Crippen LogP) is 1.13. The minimum Gasteiger partial charge on any atom is -0.294 e. The maximum absolute atomic E-state index is 12.3. The van der Waals surface area contributed by atoms with Gasteiger partial charge in [0.1, 0.15) is 0 Å². The molecule has 1 aromatic heterocycles. The summed E-state index contributed by atoms with van der Waals surface area (Å²) in [4.78, 5) is 17.4. The van der Waals surface area contributed by atoms with Gasteiger partial charge in [-0.2, -0.15) is 4.39 Å². The molecule has 0 aliphatic rings. The third-order valence-corrected chi connectivity index (χ3v) is 1.33. The highest BCUT2D eigenvalue weighted by atomic mass is 19.1. The Morgan fingerprint density at radius 2 is 2.27 bits per heavy atom. The molecule has 0 aromatic carbocycles. The molecule has 0 amide bonds. The molecule has 0 fully saturated rings. The van der Waals surface area contributed by atoms with Gasteiger partial charge in [0.25, 0.3) is 0 Å². The van der Waals surface area contributed by atoms with Crippen molar-refractivity contribution in [3.63, 3.8) is 0 Å². The van der Waals surface area contributed by atoms with E-state index in [9.17, 15) is 9.18 Å². The van der Waals surface area contributed by atoms with Gasteiger partial charge in [-0.25, -0.2) is 9.97 Å². The van der Waals surface area contributed by atoms with E-state index in [1.807, 2.05) is 0 Å². The van der Waals surface area contributed by atoms with E-state index in [2.05, 4.69) is 9.97 Å². The van der Waals surface area contributed by atoms with Gasteiger partial charge in [-0.3, -0.25) is 4.79 Å². The first kappa shape index (κ1) is 7.78. The highest BCUT2D eigenvalue weighted by molar-refractivity contribution is 5.94. The second kappa shape index (κ2) is 2.74. The normalized spacial score (nSPS) is 9.73. The van der Waals surface area contributed by atoms with Crippen molar-refractivity contribution in [1.82, 2.24) is 9.97 Å². The zero-order valence-corrected chi connectivity index (χ0v) is 6.26. The van der Waals surface area contributed by atoms with E-state index >= 15 is 0 Å². The average Bonchev–Trinajstić information content (AvgIpc) is 1.85. The maximum atomic E-state index is 12.3. The highest BCUT2D eigenvalue weighted by Crippen LogP contribution is 2.03. The molecule has 1 aromatic rings. The fourth-order valence-electron chi connectivity index (χ4n) is 0.784. The van der Waals surface area contributed by atoms with Gasteiger partial charge in [-0.15, -0.1) is 0 Å². The summed E-state index contributed by atoms with van der Waals surface area (Å²) in [5.74, 6) is -0.150. The molecule has 0 saturated carbocycles. The molecule has 0 atom stereocenters. The van der Waals surface area contributed by atoms with Crippen molar-refractivity contribution in [2.45, 2.75) is 13.8 Å². The number of hydrogen-bond donors (Lipinski definition) is 0.